The zero-order valence-electron chi connectivity index (χ0n) is 9.60. The Morgan fingerprint density at radius 1 is 1.17 bits per heavy atom. The lowest BCUT2D eigenvalue weighted by molar-refractivity contribution is -0.701. The molecule has 96 valence electrons. The van der Waals surface area contributed by atoms with Crippen molar-refractivity contribution in [3.8, 4) is 0 Å². The molecule has 1 unspecified atom stereocenters. The minimum absolute atomic E-state index is 0.116. The van der Waals surface area contributed by atoms with Crippen LogP contribution in [0.15, 0.2) is 42.7 Å². The number of hydrogen-bond acceptors (Lipinski definition) is 3. The average Bonchev–Trinajstić information content (AvgIpc) is 2.26. The summed E-state index contributed by atoms with van der Waals surface area (Å²) in [6.45, 7) is 0.116. The monoisotopic (exact) mass is 268 g/mol. The maximum absolute atomic E-state index is 10.6. The van der Waals surface area contributed by atoms with Crippen LogP contribution < -0.4 is 4.57 Å². The zero-order valence-corrected chi connectivity index (χ0v) is 10.4. The largest absolute Gasteiger partial charge is 0.385 e. The van der Waals surface area contributed by atoms with Gasteiger partial charge in [-0.15, -0.1) is 0 Å². The van der Waals surface area contributed by atoms with Crippen molar-refractivity contribution in [1.82, 2.24) is 0 Å². The van der Waals surface area contributed by atoms with E-state index >= 15 is 0 Å². The quantitative estimate of drug-likeness (QED) is 0.620. The third kappa shape index (κ3) is 3.49. The van der Waals surface area contributed by atoms with Gasteiger partial charge in [0.05, 0.1) is 0 Å². The number of hydrogen-bond donors (Lipinski definition) is 2. The summed E-state index contributed by atoms with van der Waals surface area (Å²) in [6.07, 6.45) is 2.45. The van der Waals surface area contributed by atoms with Crippen LogP contribution >= 0.6 is 0 Å². The molecule has 1 aromatic heterocycles. The van der Waals surface area contributed by atoms with Crippen LogP contribution in [0, 0.1) is 0 Å². The molecular weight excluding hydrogens is 254 g/mol. The maximum Gasteiger partial charge on any atom is 0.267 e. The van der Waals surface area contributed by atoms with Crippen LogP contribution in [-0.4, -0.2) is 29.9 Å². The van der Waals surface area contributed by atoms with Gasteiger partial charge in [0.2, 0.25) is 0 Å². The van der Waals surface area contributed by atoms with Crippen LogP contribution in [0.3, 0.4) is 0 Å². The minimum atomic E-state index is -4.15. The summed E-state index contributed by atoms with van der Waals surface area (Å²) < 4.78 is 31.6. The number of aliphatic hydroxyl groups excluding tert-OH is 1. The molecule has 1 aromatic carbocycles. The van der Waals surface area contributed by atoms with Crippen LogP contribution in [0.4, 0.5) is 0 Å². The van der Waals surface area contributed by atoms with E-state index in [0.717, 1.165) is 10.8 Å². The first-order chi connectivity index (χ1) is 8.44. The second-order valence-corrected chi connectivity index (χ2v) is 5.67. The van der Waals surface area contributed by atoms with Crippen molar-refractivity contribution in [2.24, 2.45) is 0 Å². The van der Waals surface area contributed by atoms with Gasteiger partial charge in [-0.05, 0) is 11.5 Å². The van der Waals surface area contributed by atoms with Crippen molar-refractivity contribution >= 4 is 20.9 Å². The van der Waals surface area contributed by atoms with Crippen LogP contribution in [-0.2, 0) is 16.7 Å². The molecule has 0 fully saturated rings. The van der Waals surface area contributed by atoms with E-state index in [4.69, 9.17) is 4.55 Å². The molecule has 1 heterocycles. The summed E-state index contributed by atoms with van der Waals surface area (Å²) in [4.78, 5) is 0. The van der Waals surface area contributed by atoms with Crippen molar-refractivity contribution in [2.45, 2.75) is 12.6 Å². The van der Waals surface area contributed by atoms with E-state index in [2.05, 4.69) is 0 Å². The summed E-state index contributed by atoms with van der Waals surface area (Å²) in [7, 11) is -4.15. The molecule has 6 heteroatoms. The van der Waals surface area contributed by atoms with E-state index in [0.29, 0.717) is 0 Å². The first-order valence-corrected chi connectivity index (χ1v) is 7.06. The summed E-state index contributed by atoms with van der Waals surface area (Å²) in [6, 6.07) is 9.62. The van der Waals surface area contributed by atoms with Crippen molar-refractivity contribution in [2.75, 3.05) is 5.75 Å². The highest BCUT2D eigenvalue weighted by atomic mass is 32.2. The number of benzene rings is 1. The highest BCUT2D eigenvalue weighted by Crippen LogP contribution is 2.09. The van der Waals surface area contributed by atoms with Crippen molar-refractivity contribution < 1.29 is 22.6 Å². The number of nitrogens with zero attached hydrogens (tertiary/aromatic N) is 1. The van der Waals surface area contributed by atoms with Gasteiger partial charge in [0.25, 0.3) is 10.1 Å². The molecular formula is C12H14NO4S+. The Hall–Kier alpha value is -1.50. The van der Waals surface area contributed by atoms with Gasteiger partial charge in [-0.2, -0.15) is 8.42 Å². The molecule has 18 heavy (non-hydrogen) atoms. The van der Waals surface area contributed by atoms with E-state index in [-0.39, 0.29) is 6.54 Å². The molecule has 2 aromatic rings. The topological polar surface area (TPSA) is 78.5 Å². The Labute approximate surface area is 105 Å². The number of fused-ring (bicyclic) bond motifs is 1. The second kappa shape index (κ2) is 5.01. The lowest BCUT2D eigenvalue weighted by atomic mass is 10.2. The van der Waals surface area contributed by atoms with E-state index in [1.54, 1.807) is 10.8 Å². The number of pyridine rings is 1. The first kappa shape index (κ1) is 12.9. The second-order valence-electron chi connectivity index (χ2n) is 4.17. The predicted molar refractivity (Wildman–Crippen MR) is 66.6 cm³/mol. The Morgan fingerprint density at radius 3 is 2.50 bits per heavy atom. The fourth-order valence-corrected chi connectivity index (χ4v) is 2.42. The summed E-state index contributed by atoms with van der Waals surface area (Å²) in [5.41, 5.74) is 0. The molecule has 2 N–H and O–H groups in total. The van der Waals surface area contributed by atoms with Crippen LogP contribution in [0.5, 0.6) is 0 Å². The van der Waals surface area contributed by atoms with E-state index in [9.17, 15) is 13.5 Å². The van der Waals surface area contributed by atoms with Crippen molar-refractivity contribution in [3.05, 3.63) is 42.7 Å². The highest BCUT2D eigenvalue weighted by Gasteiger charge is 2.18. The summed E-state index contributed by atoms with van der Waals surface area (Å²) in [5, 5.41) is 11.6. The zero-order chi connectivity index (χ0) is 13.2. The summed E-state index contributed by atoms with van der Waals surface area (Å²) in [5.74, 6) is -0.660. The molecule has 0 amide bonds. The Bertz CT molecular complexity index is 654. The molecule has 0 saturated heterocycles. The fraction of sp³-hybridized carbons (Fsp3) is 0.250. The van der Waals surface area contributed by atoms with E-state index in [1.165, 1.54) is 0 Å². The molecule has 0 spiro atoms. The molecule has 0 bridgehead atoms. The van der Waals surface area contributed by atoms with E-state index in [1.807, 2.05) is 36.5 Å². The van der Waals surface area contributed by atoms with Gasteiger partial charge in [0.15, 0.2) is 18.9 Å². The maximum atomic E-state index is 10.6. The van der Waals surface area contributed by atoms with E-state index < -0.39 is 22.0 Å². The summed E-state index contributed by atoms with van der Waals surface area (Å²) >= 11 is 0. The average molecular weight is 268 g/mol. The Balaban J connectivity index is 2.17. The molecule has 0 aliphatic rings. The van der Waals surface area contributed by atoms with Gasteiger partial charge in [-0.25, -0.2) is 4.57 Å². The first-order valence-electron chi connectivity index (χ1n) is 5.45. The molecule has 1 atom stereocenters. The lowest BCUT2D eigenvalue weighted by Gasteiger charge is -2.05. The molecule has 0 saturated carbocycles. The molecule has 0 aliphatic heterocycles. The molecule has 0 radical (unpaired) electrons. The molecule has 5 nitrogen and oxygen atoms in total. The van der Waals surface area contributed by atoms with Gasteiger partial charge in [-0.3, -0.25) is 4.55 Å². The van der Waals surface area contributed by atoms with Gasteiger partial charge in [0.1, 0.15) is 11.9 Å². The fourth-order valence-electron chi connectivity index (χ4n) is 1.83. The van der Waals surface area contributed by atoms with Crippen LogP contribution in [0.25, 0.3) is 10.8 Å². The van der Waals surface area contributed by atoms with Crippen molar-refractivity contribution in [3.63, 3.8) is 0 Å². The smallest absolute Gasteiger partial charge is 0.267 e. The number of aromatic nitrogens is 1. The van der Waals surface area contributed by atoms with Gasteiger partial charge in [0, 0.05) is 11.5 Å². The third-order valence-electron chi connectivity index (χ3n) is 2.57. The van der Waals surface area contributed by atoms with Gasteiger partial charge >= 0.3 is 0 Å². The van der Waals surface area contributed by atoms with Crippen LogP contribution in [0.1, 0.15) is 0 Å². The lowest BCUT2D eigenvalue weighted by Crippen LogP contribution is -2.41. The third-order valence-corrected chi connectivity index (χ3v) is 3.38. The Morgan fingerprint density at radius 2 is 1.83 bits per heavy atom. The van der Waals surface area contributed by atoms with Gasteiger partial charge < -0.3 is 5.11 Å². The SMILES string of the molecule is O=S(=O)(O)CC(O)C[n+]1ccc2ccccc2c1. The van der Waals surface area contributed by atoms with Crippen LogP contribution in [0.2, 0.25) is 0 Å². The molecule has 2 rings (SSSR count). The predicted octanol–water partition coefficient (Wildman–Crippen LogP) is 0.376. The number of rotatable bonds is 4. The van der Waals surface area contributed by atoms with Gasteiger partial charge in [-0.1, -0.05) is 18.2 Å². The highest BCUT2D eigenvalue weighted by molar-refractivity contribution is 7.85. The normalized spacial score (nSPS) is 13.7. The Kier molecular flexibility index (Phi) is 3.60. The van der Waals surface area contributed by atoms with Crippen molar-refractivity contribution in [1.29, 1.82) is 0 Å². The molecule has 0 aliphatic carbocycles. The number of aliphatic hydroxyl groups is 1. The minimum Gasteiger partial charge on any atom is -0.385 e. The standard InChI is InChI=1S/C12H13NO4S/c14-12(9-18(15,16)17)8-13-6-5-10-3-1-2-4-11(10)7-13/h1-7,12,14H,8-9H2/p+1.